The van der Waals surface area contributed by atoms with Crippen molar-refractivity contribution in [2.45, 2.75) is 0 Å². The number of benzene rings is 1. The van der Waals surface area contributed by atoms with Crippen LogP contribution in [0.1, 0.15) is 10.4 Å². The second-order valence-electron chi connectivity index (χ2n) is 3.68. The van der Waals surface area contributed by atoms with E-state index in [4.69, 9.17) is 9.84 Å². The second kappa shape index (κ2) is 4.81. The van der Waals surface area contributed by atoms with Crippen molar-refractivity contribution in [3.8, 4) is 11.4 Å². The lowest BCUT2D eigenvalue weighted by molar-refractivity contribution is 0.0694. The monoisotopic (exact) mass is 262 g/mol. The van der Waals surface area contributed by atoms with E-state index in [1.165, 1.54) is 7.11 Å². The number of nitrogens with one attached hydrogen (secondary N) is 1. The van der Waals surface area contributed by atoms with Crippen LogP contribution in [0.3, 0.4) is 0 Å². The van der Waals surface area contributed by atoms with Crippen molar-refractivity contribution >= 4 is 5.97 Å². The molecule has 0 fully saturated rings. The van der Waals surface area contributed by atoms with Crippen molar-refractivity contribution in [1.29, 1.82) is 0 Å². The summed E-state index contributed by atoms with van der Waals surface area (Å²) in [5.41, 5.74) is -1.72. The van der Waals surface area contributed by atoms with Gasteiger partial charge in [0.15, 0.2) is 0 Å². The first-order valence-electron chi connectivity index (χ1n) is 5.26. The molecule has 2 N–H and O–H groups in total. The number of ether oxygens (including phenoxy) is 1. The molecule has 0 radical (unpaired) electrons. The Balaban J connectivity index is 2.61. The van der Waals surface area contributed by atoms with Crippen molar-refractivity contribution in [2.24, 2.45) is 0 Å². The van der Waals surface area contributed by atoms with Gasteiger partial charge in [-0.2, -0.15) is 0 Å². The molecule has 1 heterocycles. The maximum absolute atomic E-state index is 11.7. The molecule has 0 saturated heterocycles. The SMILES string of the molecule is COc1ccc(-n2cc(C(=O)O)c(=O)[nH]c2=O)cc1. The number of hydrogen-bond donors (Lipinski definition) is 2. The molecule has 0 aliphatic heterocycles. The third-order valence-electron chi connectivity index (χ3n) is 2.52. The summed E-state index contributed by atoms with van der Waals surface area (Å²) in [6, 6.07) is 6.38. The van der Waals surface area contributed by atoms with Crippen LogP contribution in [0.5, 0.6) is 5.75 Å². The van der Waals surface area contributed by atoms with Gasteiger partial charge >= 0.3 is 11.7 Å². The molecule has 0 aliphatic carbocycles. The van der Waals surface area contributed by atoms with Crippen molar-refractivity contribution in [3.63, 3.8) is 0 Å². The van der Waals surface area contributed by atoms with E-state index in [0.717, 1.165) is 10.8 Å². The Morgan fingerprint density at radius 3 is 2.42 bits per heavy atom. The number of carboxylic acid groups (broad SMARTS) is 1. The summed E-state index contributed by atoms with van der Waals surface area (Å²) >= 11 is 0. The fourth-order valence-corrected chi connectivity index (χ4v) is 1.56. The first-order valence-corrected chi connectivity index (χ1v) is 5.26. The molecule has 2 rings (SSSR count). The van der Waals surface area contributed by atoms with Gasteiger partial charge in [0.1, 0.15) is 11.3 Å². The van der Waals surface area contributed by atoms with Crippen LogP contribution in [0, 0.1) is 0 Å². The summed E-state index contributed by atoms with van der Waals surface area (Å²) in [5.74, 6) is -0.803. The van der Waals surface area contributed by atoms with Gasteiger partial charge in [0.2, 0.25) is 0 Å². The number of aromatic carboxylic acids is 1. The highest BCUT2D eigenvalue weighted by Gasteiger charge is 2.12. The van der Waals surface area contributed by atoms with Gasteiger partial charge < -0.3 is 9.84 Å². The van der Waals surface area contributed by atoms with E-state index in [2.05, 4.69) is 0 Å². The maximum atomic E-state index is 11.7. The van der Waals surface area contributed by atoms with E-state index in [1.54, 1.807) is 24.3 Å². The number of nitrogens with zero attached hydrogens (tertiary/aromatic N) is 1. The van der Waals surface area contributed by atoms with Crippen LogP contribution >= 0.6 is 0 Å². The lowest BCUT2D eigenvalue weighted by Gasteiger charge is -2.06. The number of rotatable bonds is 3. The molecule has 0 amide bonds. The second-order valence-corrected chi connectivity index (χ2v) is 3.68. The number of hydrogen-bond acceptors (Lipinski definition) is 4. The Labute approximate surface area is 106 Å². The summed E-state index contributed by atoms with van der Waals surface area (Å²) < 4.78 is 6.02. The number of methoxy groups -OCH3 is 1. The molecule has 0 spiro atoms. The van der Waals surface area contributed by atoms with Gasteiger partial charge in [-0.25, -0.2) is 9.59 Å². The van der Waals surface area contributed by atoms with Gasteiger partial charge in [0.25, 0.3) is 5.56 Å². The van der Waals surface area contributed by atoms with Crippen LogP contribution < -0.4 is 16.0 Å². The molecule has 0 aliphatic rings. The fraction of sp³-hybridized carbons (Fsp3) is 0.0833. The average molecular weight is 262 g/mol. The summed E-state index contributed by atoms with van der Waals surface area (Å²) in [4.78, 5) is 35.8. The molecule has 7 nitrogen and oxygen atoms in total. The van der Waals surface area contributed by atoms with Gasteiger partial charge in [-0.3, -0.25) is 14.3 Å². The molecular formula is C12H10N2O5. The van der Waals surface area contributed by atoms with E-state index < -0.39 is 22.8 Å². The molecule has 7 heteroatoms. The minimum absolute atomic E-state index is 0.421. The number of aromatic nitrogens is 2. The van der Waals surface area contributed by atoms with Crippen LogP contribution in [-0.2, 0) is 0 Å². The van der Waals surface area contributed by atoms with E-state index in [0.29, 0.717) is 11.4 Å². The molecule has 19 heavy (non-hydrogen) atoms. The number of carbonyl (C=O) groups is 1. The molecule has 0 unspecified atom stereocenters. The summed E-state index contributed by atoms with van der Waals surface area (Å²) in [6.07, 6.45) is 0.991. The zero-order valence-electron chi connectivity index (χ0n) is 9.91. The average Bonchev–Trinajstić information content (AvgIpc) is 2.38. The van der Waals surface area contributed by atoms with Gasteiger partial charge in [-0.05, 0) is 24.3 Å². The molecule has 1 aromatic carbocycles. The molecule has 0 bridgehead atoms. The number of H-pyrrole nitrogens is 1. The van der Waals surface area contributed by atoms with Crippen molar-refractivity contribution in [2.75, 3.05) is 7.11 Å². The van der Waals surface area contributed by atoms with Crippen LogP contribution in [0.2, 0.25) is 0 Å². The van der Waals surface area contributed by atoms with Crippen LogP contribution in [0.25, 0.3) is 5.69 Å². The predicted octanol–water partition coefficient (Wildman–Crippen LogP) is 0.233. The highest BCUT2D eigenvalue weighted by molar-refractivity contribution is 5.86. The Hall–Kier alpha value is -2.83. The molecular weight excluding hydrogens is 252 g/mol. The Kier molecular flexibility index (Phi) is 3.19. The summed E-state index contributed by atoms with van der Waals surface area (Å²) in [7, 11) is 1.50. The molecule has 0 atom stereocenters. The summed E-state index contributed by atoms with van der Waals surface area (Å²) in [5, 5.41) is 8.85. The number of aromatic amines is 1. The van der Waals surface area contributed by atoms with Gasteiger partial charge in [0, 0.05) is 6.20 Å². The van der Waals surface area contributed by atoms with Crippen LogP contribution in [0.4, 0.5) is 0 Å². The van der Waals surface area contributed by atoms with E-state index in [9.17, 15) is 14.4 Å². The third-order valence-corrected chi connectivity index (χ3v) is 2.52. The van der Waals surface area contributed by atoms with Crippen molar-refractivity contribution < 1.29 is 14.6 Å². The Morgan fingerprint density at radius 1 is 1.26 bits per heavy atom. The highest BCUT2D eigenvalue weighted by Crippen LogP contribution is 2.13. The lowest BCUT2D eigenvalue weighted by atomic mass is 10.3. The first-order chi connectivity index (χ1) is 9.02. The largest absolute Gasteiger partial charge is 0.497 e. The summed E-state index contributed by atoms with van der Waals surface area (Å²) in [6.45, 7) is 0. The Bertz CT molecular complexity index is 727. The normalized spacial score (nSPS) is 10.2. The molecule has 0 saturated carbocycles. The molecule has 1 aromatic heterocycles. The third kappa shape index (κ3) is 2.39. The number of carboxylic acids is 1. The van der Waals surface area contributed by atoms with E-state index in [1.807, 2.05) is 4.98 Å². The van der Waals surface area contributed by atoms with Crippen LogP contribution in [0.15, 0.2) is 40.1 Å². The van der Waals surface area contributed by atoms with E-state index >= 15 is 0 Å². The quantitative estimate of drug-likeness (QED) is 0.824. The lowest BCUT2D eigenvalue weighted by Crippen LogP contribution is -2.32. The van der Waals surface area contributed by atoms with Crippen LogP contribution in [-0.4, -0.2) is 27.7 Å². The van der Waals surface area contributed by atoms with Gasteiger partial charge in [0.05, 0.1) is 12.8 Å². The van der Waals surface area contributed by atoms with Gasteiger partial charge in [-0.1, -0.05) is 0 Å². The first kappa shape index (κ1) is 12.6. The predicted molar refractivity (Wildman–Crippen MR) is 66.2 cm³/mol. The molecule has 2 aromatic rings. The topological polar surface area (TPSA) is 101 Å². The fourth-order valence-electron chi connectivity index (χ4n) is 1.56. The van der Waals surface area contributed by atoms with Crippen molar-refractivity contribution in [3.05, 3.63) is 56.9 Å². The molecule has 98 valence electrons. The zero-order valence-corrected chi connectivity index (χ0v) is 9.91. The van der Waals surface area contributed by atoms with E-state index in [-0.39, 0.29) is 0 Å². The Morgan fingerprint density at radius 2 is 1.89 bits per heavy atom. The zero-order chi connectivity index (χ0) is 14.0. The maximum Gasteiger partial charge on any atom is 0.342 e. The standard InChI is InChI=1S/C12H10N2O5/c1-19-8-4-2-7(3-5-8)14-6-9(11(16)17)10(15)13-12(14)18/h2-6H,1H3,(H,16,17)(H,13,15,18). The minimum atomic E-state index is -1.40. The van der Waals surface area contributed by atoms with Gasteiger partial charge in [-0.15, -0.1) is 0 Å². The minimum Gasteiger partial charge on any atom is -0.497 e. The smallest absolute Gasteiger partial charge is 0.342 e. The highest BCUT2D eigenvalue weighted by atomic mass is 16.5. The van der Waals surface area contributed by atoms with Crippen molar-refractivity contribution in [1.82, 2.24) is 9.55 Å².